The molecular weight excluding hydrogens is 402 g/mol. The number of benzene rings is 2. The molecule has 1 aromatic heterocycles. The Bertz CT molecular complexity index is 1120. The van der Waals surface area contributed by atoms with Crippen molar-refractivity contribution in [1.82, 2.24) is 14.9 Å². The Morgan fingerprint density at radius 3 is 2.25 bits per heavy atom. The number of carbonyl (C=O) groups is 1. The molecule has 1 amide bonds. The lowest BCUT2D eigenvalue weighted by Gasteiger charge is -2.11. The molecule has 0 radical (unpaired) electrons. The molecule has 8 nitrogen and oxygen atoms in total. The number of carbonyl (C=O) groups excluding carboxylic acids is 1. The van der Waals surface area contributed by atoms with Gasteiger partial charge in [0, 0.05) is 5.69 Å². The van der Waals surface area contributed by atoms with Crippen molar-refractivity contribution in [3.63, 3.8) is 0 Å². The second-order valence-electron chi connectivity index (χ2n) is 6.27. The van der Waals surface area contributed by atoms with Crippen LogP contribution < -0.4 is 10.0 Å². The Hall–Kier alpha value is -2.75. The minimum absolute atomic E-state index is 0.00383. The summed E-state index contributed by atoms with van der Waals surface area (Å²) in [7, 11) is -0.368. The van der Waals surface area contributed by atoms with E-state index in [-0.39, 0.29) is 28.3 Å². The van der Waals surface area contributed by atoms with E-state index in [0.717, 1.165) is 0 Å². The van der Waals surface area contributed by atoms with Crippen LogP contribution in [-0.2, 0) is 14.8 Å². The lowest BCUT2D eigenvalue weighted by atomic mass is 10.3. The second-order valence-corrected chi connectivity index (χ2v) is 8.31. The SMILES string of the molecule is CN(C)CC(=O)Nc1ccc(S(=O)(=O)Nc2nc3ccccc3nc2Cl)cc1. The molecule has 0 fully saturated rings. The molecule has 2 aromatic carbocycles. The van der Waals surface area contributed by atoms with Gasteiger partial charge in [0.25, 0.3) is 10.0 Å². The number of nitrogens with one attached hydrogen (secondary N) is 2. The van der Waals surface area contributed by atoms with Gasteiger partial charge in [0.15, 0.2) is 11.0 Å². The van der Waals surface area contributed by atoms with Crippen LogP contribution in [0.15, 0.2) is 53.4 Å². The number of anilines is 2. The maximum atomic E-state index is 12.6. The number of aromatic nitrogens is 2. The molecule has 2 N–H and O–H groups in total. The zero-order chi connectivity index (χ0) is 20.3. The number of amides is 1. The number of nitrogens with zero attached hydrogens (tertiary/aromatic N) is 3. The molecule has 28 heavy (non-hydrogen) atoms. The number of halogens is 1. The summed E-state index contributed by atoms with van der Waals surface area (Å²) >= 11 is 6.07. The molecule has 0 atom stereocenters. The molecule has 3 aromatic rings. The van der Waals surface area contributed by atoms with Crippen LogP contribution in [0, 0.1) is 0 Å². The normalized spacial score (nSPS) is 11.6. The van der Waals surface area contributed by atoms with Gasteiger partial charge < -0.3 is 10.2 Å². The van der Waals surface area contributed by atoms with Gasteiger partial charge in [0.2, 0.25) is 5.91 Å². The van der Waals surface area contributed by atoms with E-state index in [1.54, 1.807) is 43.3 Å². The molecule has 0 spiro atoms. The lowest BCUT2D eigenvalue weighted by molar-refractivity contribution is -0.116. The third kappa shape index (κ3) is 4.75. The zero-order valence-electron chi connectivity index (χ0n) is 15.2. The Kier molecular flexibility index (Phi) is 5.78. The average molecular weight is 420 g/mol. The van der Waals surface area contributed by atoms with Crippen LogP contribution in [0.5, 0.6) is 0 Å². The van der Waals surface area contributed by atoms with Crippen LogP contribution in [-0.4, -0.2) is 49.8 Å². The summed E-state index contributed by atoms with van der Waals surface area (Å²) < 4.78 is 27.6. The molecule has 0 aliphatic heterocycles. The Labute approximate surface area is 167 Å². The molecule has 146 valence electrons. The summed E-state index contributed by atoms with van der Waals surface area (Å²) in [5, 5.41) is 2.65. The van der Waals surface area contributed by atoms with Gasteiger partial charge in [-0.25, -0.2) is 18.4 Å². The van der Waals surface area contributed by atoms with E-state index < -0.39 is 10.0 Å². The molecule has 0 unspecified atom stereocenters. The highest BCUT2D eigenvalue weighted by atomic mass is 35.5. The van der Waals surface area contributed by atoms with E-state index in [0.29, 0.717) is 16.7 Å². The maximum Gasteiger partial charge on any atom is 0.263 e. The number of sulfonamides is 1. The van der Waals surface area contributed by atoms with Crippen molar-refractivity contribution in [2.75, 3.05) is 30.7 Å². The minimum Gasteiger partial charge on any atom is -0.325 e. The van der Waals surface area contributed by atoms with Crippen LogP contribution >= 0.6 is 11.6 Å². The number of fused-ring (bicyclic) bond motifs is 1. The predicted octanol–water partition coefficient (Wildman–Crippen LogP) is 2.58. The summed E-state index contributed by atoms with van der Waals surface area (Å²) in [5.74, 6) is -0.249. The van der Waals surface area contributed by atoms with E-state index in [1.807, 2.05) is 0 Å². The van der Waals surface area contributed by atoms with Crippen molar-refractivity contribution in [1.29, 1.82) is 0 Å². The summed E-state index contributed by atoms with van der Waals surface area (Å²) in [5.41, 5.74) is 1.58. The third-order valence-corrected chi connectivity index (χ3v) is 5.29. The molecule has 3 rings (SSSR count). The molecule has 0 bridgehead atoms. The molecule has 0 aliphatic rings. The van der Waals surface area contributed by atoms with Gasteiger partial charge >= 0.3 is 0 Å². The number of hydrogen-bond donors (Lipinski definition) is 2. The van der Waals surface area contributed by atoms with Crippen molar-refractivity contribution in [2.24, 2.45) is 0 Å². The number of rotatable bonds is 6. The van der Waals surface area contributed by atoms with Crippen molar-refractivity contribution in [3.8, 4) is 0 Å². The monoisotopic (exact) mass is 419 g/mol. The second kappa shape index (κ2) is 8.09. The highest BCUT2D eigenvalue weighted by molar-refractivity contribution is 7.92. The topological polar surface area (TPSA) is 104 Å². The van der Waals surface area contributed by atoms with E-state index >= 15 is 0 Å². The van der Waals surface area contributed by atoms with Crippen LogP contribution in [0.3, 0.4) is 0 Å². The Morgan fingerprint density at radius 2 is 1.64 bits per heavy atom. The average Bonchev–Trinajstić information content (AvgIpc) is 2.62. The molecule has 10 heteroatoms. The summed E-state index contributed by atoms with van der Waals surface area (Å²) in [6.45, 7) is 0.223. The fraction of sp³-hybridized carbons (Fsp3) is 0.167. The Morgan fingerprint density at radius 1 is 1.04 bits per heavy atom. The standard InChI is InChI=1S/C18H18ClN5O3S/c1-24(2)11-16(25)20-12-7-9-13(10-8-12)28(26,27)23-18-17(19)21-14-5-3-4-6-15(14)22-18/h3-10H,11H2,1-2H3,(H,20,25)(H,22,23). The van der Waals surface area contributed by atoms with Gasteiger partial charge in [-0.3, -0.25) is 9.52 Å². The summed E-state index contributed by atoms with van der Waals surface area (Å²) in [6.07, 6.45) is 0. The van der Waals surface area contributed by atoms with E-state index in [2.05, 4.69) is 20.0 Å². The van der Waals surface area contributed by atoms with Gasteiger partial charge in [0.1, 0.15) is 0 Å². The van der Waals surface area contributed by atoms with Gasteiger partial charge in [-0.05, 0) is 50.5 Å². The molecule has 0 saturated carbocycles. The fourth-order valence-corrected chi connectivity index (χ4v) is 3.68. The highest BCUT2D eigenvalue weighted by Gasteiger charge is 2.18. The first-order chi connectivity index (χ1) is 13.2. The van der Waals surface area contributed by atoms with Crippen LogP contribution in [0.4, 0.5) is 11.5 Å². The van der Waals surface area contributed by atoms with Crippen LogP contribution in [0.1, 0.15) is 0 Å². The molecule has 0 aliphatic carbocycles. The van der Waals surface area contributed by atoms with Crippen LogP contribution in [0.2, 0.25) is 5.15 Å². The summed E-state index contributed by atoms with van der Waals surface area (Å²) in [6, 6.07) is 12.8. The van der Waals surface area contributed by atoms with Gasteiger partial charge in [-0.15, -0.1) is 0 Å². The number of likely N-dealkylation sites (N-methyl/N-ethyl adjacent to an activating group) is 1. The lowest BCUT2D eigenvalue weighted by Crippen LogP contribution is -2.27. The minimum atomic E-state index is -3.93. The fourth-order valence-electron chi connectivity index (χ4n) is 2.43. The summed E-state index contributed by atoms with van der Waals surface area (Å²) in [4.78, 5) is 21.9. The van der Waals surface area contributed by atoms with E-state index in [4.69, 9.17) is 11.6 Å². The first-order valence-electron chi connectivity index (χ1n) is 8.24. The molecule has 0 saturated heterocycles. The number of hydrogen-bond acceptors (Lipinski definition) is 6. The van der Waals surface area contributed by atoms with Crippen LogP contribution in [0.25, 0.3) is 11.0 Å². The van der Waals surface area contributed by atoms with Crippen molar-refractivity contribution < 1.29 is 13.2 Å². The largest absolute Gasteiger partial charge is 0.325 e. The first kappa shape index (κ1) is 20.0. The van der Waals surface area contributed by atoms with E-state index in [9.17, 15) is 13.2 Å². The van der Waals surface area contributed by atoms with Crippen molar-refractivity contribution in [3.05, 3.63) is 53.7 Å². The highest BCUT2D eigenvalue weighted by Crippen LogP contribution is 2.24. The zero-order valence-corrected chi connectivity index (χ0v) is 16.8. The maximum absolute atomic E-state index is 12.6. The first-order valence-corrected chi connectivity index (χ1v) is 10.1. The quantitative estimate of drug-likeness (QED) is 0.636. The predicted molar refractivity (Wildman–Crippen MR) is 109 cm³/mol. The third-order valence-electron chi connectivity index (χ3n) is 3.67. The van der Waals surface area contributed by atoms with Gasteiger partial charge in [-0.1, -0.05) is 23.7 Å². The molecular formula is C18H18ClN5O3S. The van der Waals surface area contributed by atoms with E-state index in [1.165, 1.54) is 24.3 Å². The van der Waals surface area contributed by atoms with Gasteiger partial charge in [-0.2, -0.15) is 0 Å². The molecule has 1 heterocycles. The number of para-hydroxylation sites is 2. The Balaban J connectivity index is 1.79. The van der Waals surface area contributed by atoms with Crippen molar-refractivity contribution in [2.45, 2.75) is 4.90 Å². The van der Waals surface area contributed by atoms with Crippen molar-refractivity contribution >= 4 is 50.1 Å². The smallest absolute Gasteiger partial charge is 0.263 e. The van der Waals surface area contributed by atoms with Gasteiger partial charge in [0.05, 0.1) is 22.5 Å².